The highest BCUT2D eigenvalue weighted by molar-refractivity contribution is 8.27. The van der Waals surface area contributed by atoms with Crippen molar-refractivity contribution in [2.75, 3.05) is 0 Å². The Labute approximate surface area is 153 Å². The molecule has 6 heteroatoms. The number of carbonyl (C=O) groups is 2. The number of hydrogen-bond donors (Lipinski definition) is 1. The number of nitrogens with zero attached hydrogens (tertiary/aromatic N) is 1. The van der Waals surface area contributed by atoms with Gasteiger partial charge in [0.1, 0.15) is 0 Å². The van der Waals surface area contributed by atoms with Crippen LogP contribution in [0.15, 0.2) is 60.4 Å². The van der Waals surface area contributed by atoms with Gasteiger partial charge < -0.3 is 9.88 Å². The topological polar surface area (TPSA) is 51.1 Å². The number of nitrogens with one attached hydrogen (secondary N) is 1. The molecule has 0 unspecified atom stereocenters. The molecule has 4 nitrogen and oxygen atoms in total. The van der Waals surface area contributed by atoms with E-state index in [1.807, 2.05) is 54.7 Å². The average Bonchev–Trinajstić information content (AvgIpc) is 3.10. The Kier molecular flexibility index (Phi) is 4.11. The molecular weight excluding hydrogens is 356 g/mol. The number of aromatic nitrogens is 1. The smallest absolute Gasteiger partial charge is 0.291 e. The first-order chi connectivity index (χ1) is 12.1. The van der Waals surface area contributed by atoms with E-state index in [9.17, 15) is 9.59 Å². The van der Waals surface area contributed by atoms with Crippen molar-refractivity contribution in [2.45, 2.75) is 6.54 Å². The van der Waals surface area contributed by atoms with E-state index < -0.39 is 0 Å². The van der Waals surface area contributed by atoms with Gasteiger partial charge in [-0.1, -0.05) is 41.9 Å². The summed E-state index contributed by atoms with van der Waals surface area (Å²) < 4.78 is 2.12. The molecule has 1 saturated heterocycles. The van der Waals surface area contributed by atoms with Crippen molar-refractivity contribution in [3.63, 3.8) is 0 Å². The van der Waals surface area contributed by atoms with Gasteiger partial charge >= 0.3 is 0 Å². The highest BCUT2D eigenvalue weighted by Gasteiger charge is 2.25. The van der Waals surface area contributed by atoms with Crippen molar-refractivity contribution in [1.82, 2.24) is 9.88 Å². The molecule has 4 rings (SSSR count). The van der Waals surface area contributed by atoms with Gasteiger partial charge in [-0.3, -0.25) is 9.59 Å². The van der Waals surface area contributed by atoms with Crippen LogP contribution in [0, 0.1) is 0 Å². The van der Waals surface area contributed by atoms with Gasteiger partial charge in [0.15, 0.2) is 0 Å². The second kappa shape index (κ2) is 6.43. The minimum Gasteiger partial charge on any atom is -0.342 e. The molecule has 1 aliphatic heterocycles. The second-order valence-corrected chi connectivity index (χ2v) is 7.10. The highest BCUT2D eigenvalue weighted by atomic mass is 35.5. The molecule has 1 amide bonds. The summed E-state index contributed by atoms with van der Waals surface area (Å²) in [5.74, 6) is 0. The van der Waals surface area contributed by atoms with Gasteiger partial charge in [0, 0.05) is 46.0 Å². The van der Waals surface area contributed by atoms with E-state index in [1.54, 1.807) is 6.08 Å². The molecular formula is C19H13ClN2O2S. The summed E-state index contributed by atoms with van der Waals surface area (Å²) >= 11 is 6.64. The lowest BCUT2D eigenvalue weighted by Gasteiger charge is -2.05. The van der Waals surface area contributed by atoms with Crippen molar-refractivity contribution in [1.29, 1.82) is 0 Å². The summed E-state index contributed by atoms with van der Waals surface area (Å²) in [4.78, 5) is 23.2. The summed E-state index contributed by atoms with van der Waals surface area (Å²) in [7, 11) is 0. The van der Waals surface area contributed by atoms with Crippen molar-refractivity contribution in [3.05, 3.63) is 76.6 Å². The fourth-order valence-corrected chi connectivity index (χ4v) is 3.56. The molecule has 3 aromatic rings. The lowest BCUT2D eigenvalue weighted by molar-refractivity contribution is -0.107. The number of benzene rings is 2. The molecule has 124 valence electrons. The van der Waals surface area contributed by atoms with E-state index in [2.05, 4.69) is 9.88 Å². The number of carbonyl (C=O) groups excluding carboxylic acids is 2. The third kappa shape index (κ3) is 3.21. The van der Waals surface area contributed by atoms with Crippen molar-refractivity contribution in [3.8, 4) is 0 Å². The number of rotatable bonds is 3. The minimum absolute atomic E-state index is 0.250. The van der Waals surface area contributed by atoms with Crippen LogP contribution in [0.5, 0.6) is 0 Å². The van der Waals surface area contributed by atoms with Gasteiger partial charge in [0.05, 0.1) is 5.70 Å². The molecule has 2 aromatic carbocycles. The maximum atomic E-state index is 11.8. The van der Waals surface area contributed by atoms with Crippen LogP contribution < -0.4 is 5.32 Å². The van der Waals surface area contributed by atoms with Crippen LogP contribution in [-0.2, 0) is 11.3 Å². The van der Waals surface area contributed by atoms with Crippen LogP contribution in [0.1, 0.15) is 11.1 Å². The molecule has 1 aromatic heterocycles. The number of hydrogen-bond acceptors (Lipinski definition) is 3. The Hall–Kier alpha value is -2.50. The SMILES string of the molecule is O=C1NC(=Cc2cn(Cc3ccc(Cl)cc3)c3ccccc23)C(=O)S1. The molecule has 2 heterocycles. The van der Waals surface area contributed by atoms with Crippen LogP contribution in [0.2, 0.25) is 5.02 Å². The maximum Gasteiger partial charge on any atom is 0.291 e. The van der Waals surface area contributed by atoms with E-state index in [-0.39, 0.29) is 10.4 Å². The molecule has 0 aliphatic carbocycles. The highest BCUT2D eigenvalue weighted by Crippen LogP contribution is 2.27. The monoisotopic (exact) mass is 368 g/mol. The lowest BCUT2D eigenvalue weighted by Crippen LogP contribution is -2.10. The third-order valence-electron chi connectivity index (χ3n) is 4.03. The molecule has 0 bridgehead atoms. The van der Waals surface area contributed by atoms with Crippen LogP contribution in [0.3, 0.4) is 0 Å². The van der Waals surface area contributed by atoms with Crippen molar-refractivity contribution < 1.29 is 9.59 Å². The van der Waals surface area contributed by atoms with E-state index in [1.165, 1.54) is 0 Å². The van der Waals surface area contributed by atoms with Crippen LogP contribution in [0.4, 0.5) is 4.79 Å². The summed E-state index contributed by atoms with van der Waals surface area (Å²) in [5, 5.41) is 3.75. The zero-order chi connectivity index (χ0) is 17.4. The molecule has 0 spiro atoms. The number of halogens is 1. The molecule has 1 N–H and O–H groups in total. The van der Waals surface area contributed by atoms with Crippen molar-refractivity contribution in [2.24, 2.45) is 0 Å². The Morgan fingerprint density at radius 1 is 1.08 bits per heavy atom. The molecule has 1 aliphatic rings. The molecule has 25 heavy (non-hydrogen) atoms. The number of para-hydroxylation sites is 1. The number of fused-ring (bicyclic) bond motifs is 1. The summed E-state index contributed by atoms with van der Waals surface area (Å²) in [6.07, 6.45) is 3.73. The van der Waals surface area contributed by atoms with Gasteiger partial charge in [-0.2, -0.15) is 0 Å². The summed E-state index contributed by atoms with van der Waals surface area (Å²) in [6, 6.07) is 15.7. The van der Waals surface area contributed by atoms with Gasteiger partial charge in [-0.15, -0.1) is 0 Å². The van der Waals surface area contributed by atoms with Crippen LogP contribution in [0.25, 0.3) is 17.0 Å². The zero-order valence-electron chi connectivity index (χ0n) is 13.0. The van der Waals surface area contributed by atoms with Crippen LogP contribution in [-0.4, -0.2) is 14.9 Å². The summed E-state index contributed by atoms with van der Waals surface area (Å²) in [5.41, 5.74) is 3.42. The van der Waals surface area contributed by atoms with Gasteiger partial charge in [0.25, 0.3) is 5.24 Å². The van der Waals surface area contributed by atoms with Gasteiger partial charge in [-0.25, -0.2) is 0 Å². The largest absolute Gasteiger partial charge is 0.342 e. The normalized spacial score (nSPS) is 16.0. The minimum atomic E-state index is -0.332. The van der Waals surface area contributed by atoms with Crippen LogP contribution >= 0.6 is 23.4 Å². The fraction of sp³-hybridized carbons (Fsp3) is 0.0526. The summed E-state index contributed by atoms with van der Waals surface area (Å²) in [6.45, 7) is 0.690. The third-order valence-corrected chi connectivity index (χ3v) is 4.97. The van der Waals surface area contributed by atoms with Gasteiger partial charge in [0.2, 0.25) is 5.12 Å². The standard InChI is InChI=1S/C19H13ClN2O2S/c20-14-7-5-12(6-8-14)10-22-11-13(15-3-1-2-4-17(15)22)9-16-18(23)25-19(24)21-16/h1-9,11H,10H2,(H,21,24). The Bertz CT molecular complexity index is 1020. The number of thioether (sulfide) groups is 1. The Balaban J connectivity index is 1.76. The molecule has 0 saturated carbocycles. The lowest BCUT2D eigenvalue weighted by atomic mass is 10.1. The molecule has 1 fully saturated rings. The fourth-order valence-electron chi connectivity index (χ4n) is 2.88. The van der Waals surface area contributed by atoms with E-state index >= 15 is 0 Å². The predicted octanol–water partition coefficient (Wildman–Crippen LogP) is 4.67. The predicted molar refractivity (Wildman–Crippen MR) is 102 cm³/mol. The first-order valence-electron chi connectivity index (χ1n) is 7.67. The quantitative estimate of drug-likeness (QED) is 0.683. The zero-order valence-corrected chi connectivity index (χ0v) is 14.6. The van der Waals surface area contributed by atoms with Crippen molar-refractivity contribution >= 4 is 50.7 Å². The first-order valence-corrected chi connectivity index (χ1v) is 8.87. The first kappa shape index (κ1) is 16.0. The Morgan fingerprint density at radius 3 is 2.56 bits per heavy atom. The molecule has 0 radical (unpaired) electrons. The second-order valence-electron chi connectivity index (χ2n) is 5.72. The number of amides is 1. The van der Waals surface area contributed by atoms with Gasteiger partial charge in [-0.05, 0) is 29.8 Å². The van der Waals surface area contributed by atoms with E-state index in [4.69, 9.17) is 11.6 Å². The Morgan fingerprint density at radius 2 is 1.84 bits per heavy atom. The maximum absolute atomic E-state index is 11.8. The van der Waals surface area contributed by atoms with E-state index in [0.29, 0.717) is 29.0 Å². The van der Waals surface area contributed by atoms with E-state index in [0.717, 1.165) is 22.0 Å². The molecule has 0 atom stereocenters. The average molecular weight is 369 g/mol.